The van der Waals surface area contributed by atoms with Crippen LogP contribution in [0.5, 0.6) is 0 Å². The molecule has 5 aromatic rings. The van der Waals surface area contributed by atoms with Crippen LogP contribution in [0.1, 0.15) is 71.5 Å². The summed E-state index contributed by atoms with van der Waals surface area (Å²) in [5.74, 6) is -0.458. The monoisotopic (exact) mass is 614 g/mol. The first kappa shape index (κ1) is 28.3. The summed E-state index contributed by atoms with van der Waals surface area (Å²) in [5, 5.41) is 11.3. The van der Waals surface area contributed by atoms with Crippen LogP contribution in [0, 0.1) is 11.6 Å². The molecule has 0 saturated heterocycles. The van der Waals surface area contributed by atoms with E-state index in [2.05, 4.69) is 25.4 Å². The molecule has 1 amide bonds. The van der Waals surface area contributed by atoms with E-state index >= 15 is 4.39 Å². The van der Waals surface area contributed by atoms with Crippen molar-refractivity contribution < 1.29 is 13.6 Å². The number of halogens is 3. The van der Waals surface area contributed by atoms with E-state index in [0.717, 1.165) is 29.8 Å². The van der Waals surface area contributed by atoms with Crippen molar-refractivity contribution in [3.05, 3.63) is 106 Å². The SMILES string of the molecule is CC(C)n1cnnc1-c1cccc(NC(=O)c2cc3c(cc2F)CN(Cc2ccc(F)cc2Cl)Cc2c(C4CC4)ncn2-3)n1. The molecule has 1 fully saturated rings. The molecule has 44 heavy (non-hydrogen) atoms. The van der Waals surface area contributed by atoms with Gasteiger partial charge in [0, 0.05) is 36.6 Å². The number of carbonyl (C=O) groups is 1. The number of amides is 1. The van der Waals surface area contributed by atoms with Gasteiger partial charge < -0.3 is 14.5 Å². The highest BCUT2D eigenvalue weighted by Gasteiger charge is 2.33. The Kier molecular flexibility index (Phi) is 7.22. The van der Waals surface area contributed by atoms with Gasteiger partial charge in [0.2, 0.25) is 0 Å². The number of pyridine rings is 1. The Balaban J connectivity index is 1.22. The fraction of sp³-hybridized carbons (Fsp3) is 0.281. The Bertz CT molecular complexity index is 1900. The highest BCUT2D eigenvalue weighted by molar-refractivity contribution is 6.31. The van der Waals surface area contributed by atoms with Gasteiger partial charge in [-0.15, -0.1) is 10.2 Å². The Morgan fingerprint density at radius 2 is 1.93 bits per heavy atom. The highest BCUT2D eigenvalue weighted by Crippen LogP contribution is 2.43. The van der Waals surface area contributed by atoms with E-state index in [1.807, 2.05) is 23.0 Å². The molecule has 3 aromatic heterocycles. The normalized spacial score (nSPS) is 14.8. The van der Waals surface area contributed by atoms with Crippen LogP contribution in [-0.4, -0.2) is 40.1 Å². The molecule has 0 atom stereocenters. The number of nitrogens with one attached hydrogen (secondary N) is 1. The molecule has 1 aliphatic heterocycles. The fourth-order valence-electron chi connectivity index (χ4n) is 5.71. The number of benzene rings is 2. The van der Waals surface area contributed by atoms with Crippen molar-refractivity contribution in [2.75, 3.05) is 5.32 Å². The zero-order valence-electron chi connectivity index (χ0n) is 24.1. The molecule has 1 aliphatic carbocycles. The molecule has 4 heterocycles. The molecule has 12 heteroatoms. The molecule has 9 nitrogen and oxygen atoms in total. The fourth-order valence-corrected chi connectivity index (χ4v) is 5.93. The van der Waals surface area contributed by atoms with Gasteiger partial charge in [-0.2, -0.15) is 0 Å². The van der Waals surface area contributed by atoms with Gasteiger partial charge in [0.15, 0.2) is 5.82 Å². The van der Waals surface area contributed by atoms with Crippen LogP contribution in [-0.2, 0) is 19.6 Å². The van der Waals surface area contributed by atoms with Crippen LogP contribution >= 0.6 is 11.6 Å². The number of hydrogen-bond acceptors (Lipinski definition) is 6. The summed E-state index contributed by atoms with van der Waals surface area (Å²) >= 11 is 6.37. The molecule has 0 bridgehead atoms. The van der Waals surface area contributed by atoms with Crippen molar-refractivity contribution in [3.8, 4) is 17.2 Å². The molecule has 0 radical (unpaired) electrons. The van der Waals surface area contributed by atoms with E-state index in [4.69, 9.17) is 16.6 Å². The zero-order valence-corrected chi connectivity index (χ0v) is 24.9. The number of carbonyl (C=O) groups excluding carboxylic acids is 1. The van der Waals surface area contributed by atoms with E-state index in [1.54, 1.807) is 43.0 Å². The first-order chi connectivity index (χ1) is 21.2. The lowest BCUT2D eigenvalue weighted by molar-refractivity contribution is 0.102. The summed E-state index contributed by atoms with van der Waals surface area (Å²) in [6.07, 6.45) is 5.52. The maximum atomic E-state index is 15.7. The molecular formula is C32H29ClF2N8O. The van der Waals surface area contributed by atoms with Crippen LogP contribution < -0.4 is 5.32 Å². The van der Waals surface area contributed by atoms with Gasteiger partial charge in [0.25, 0.3) is 5.91 Å². The van der Waals surface area contributed by atoms with Crippen LogP contribution in [0.4, 0.5) is 14.6 Å². The van der Waals surface area contributed by atoms with Gasteiger partial charge in [-0.1, -0.05) is 23.7 Å². The minimum atomic E-state index is -0.650. The lowest BCUT2D eigenvalue weighted by Gasteiger charge is -2.21. The van der Waals surface area contributed by atoms with Crippen molar-refractivity contribution in [3.63, 3.8) is 0 Å². The topological polar surface area (TPSA) is 93.8 Å². The maximum absolute atomic E-state index is 15.7. The molecule has 224 valence electrons. The number of anilines is 1. The predicted octanol–water partition coefficient (Wildman–Crippen LogP) is 6.68. The number of aromatic nitrogens is 6. The molecule has 0 spiro atoms. The summed E-state index contributed by atoms with van der Waals surface area (Å²) in [5.41, 5.74) is 4.59. The van der Waals surface area contributed by atoms with Crippen molar-refractivity contribution in [1.82, 2.24) is 34.2 Å². The highest BCUT2D eigenvalue weighted by atomic mass is 35.5. The smallest absolute Gasteiger partial charge is 0.259 e. The van der Waals surface area contributed by atoms with Gasteiger partial charge in [0.05, 0.1) is 29.0 Å². The van der Waals surface area contributed by atoms with E-state index in [-0.39, 0.29) is 17.4 Å². The number of rotatable bonds is 7. The van der Waals surface area contributed by atoms with Gasteiger partial charge >= 0.3 is 0 Å². The first-order valence-corrected chi connectivity index (χ1v) is 14.9. The number of nitrogens with zero attached hydrogens (tertiary/aromatic N) is 7. The zero-order chi connectivity index (χ0) is 30.5. The van der Waals surface area contributed by atoms with E-state index in [9.17, 15) is 9.18 Å². The van der Waals surface area contributed by atoms with Gasteiger partial charge in [-0.05, 0) is 74.2 Å². The second kappa shape index (κ2) is 11.2. The van der Waals surface area contributed by atoms with Crippen molar-refractivity contribution >= 4 is 23.3 Å². The van der Waals surface area contributed by atoms with E-state index in [1.165, 1.54) is 18.2 Å². The standard InChI is InChI=1S/C32H29ClF2N8O/c1-18(2)42-17-37-40-31(42)26-4-3-5-29(38-26)39-32(44)23-12-27-21(10-25(23)35)14-41(13-20-8-9-22(34)11-24(20)33)15-28-30(19-6-7-19)36-16-43(27)28/h3-5,8-12,16-19H,6-7,13-15H2,1-2H3,(H,38,39,44). The molecule has 2 aliphatic rings. The molecule has 1 saturated carbocycles. The van der Waals surface area contributed by atoms with E-state index < -0.39 is 17.5 Å². The predicted molar refractivity (Wildman–Crippen MR) is 161 cm³/mol. The Labute approximate surface area is 257 Å². The number of imidazole rings is 1. The van der Waals surface area contributed by atoms with E-state index in [0.29, 0.717) is 53.3 Å². The Morgan fingerprint density at radius 1 is 1.09 bits per heavy atom. The van der Waals surface area contributed by atoms with Crippen LogP contribution in [0.3, 0.4) is 0 Å². The quantitative estimate of drug-likeness (QED) is 0.220. The third-order valence-electron chi connectivity index (χ3n) is 8.06. The van der Waals surface area contributed by atoms with Crippen LogP contribution in [0.15, 0.2) is 61.2 Å². The molecular weight excluding hydrogens is 586 g/mol. The average Bonchev–Trinajstić information content (AvgIpc) is 3.59. The first-order valence-electron chi connectivity index (χ1n) is 14.5. The van der Waals surface area contributed by atoms with Gasteiger partial charge in [-0.25, -0.2) is 18.7 Å². The van der Waals surface area contributed by atoms with Crippen LogP contribution in [0.25, 0.3) is 17.2 Å². The molecule has 0 unspecified atom stereocenters. The minimum absolute atomic E-state index is 0.107. The van der Waals surface area contributed by atoms with Gasteiger partial charge in [0.1, 0.15) is 29.5 Å². The summed E-state index contributed by atoms with van der Waals surface area (Å²) in [6, 6.07) is 12.6. The third-order valence-corrected chi connectivity index (χ3v) is 8.41. The minimum Gasteiger partial charge on any atom is -0.310 e. The summed E-state index contributed by atoms with van der Waals surface area (Å²) in [4.78, 5) is 24.9. The number of fused-ring (bicyclic) bond motifs is 3. The maximum Gasteiger partial charge on any atom is 0.259 e. The van der Waals surface area contributed by atoms with Crippen molar-refractivity contribution in [2.24, 2.45) is 0 Å². The second-order valence-electron chi connectivity index (χ2n) is 11.6. The average molecular weight is 615 g/mol. The molecule has 7 rings (SSSR count). The second-order valence-corrected chi connectivity index (χ2v) is 12.0. The van der Waals surface area contributed by atoms with Gasteiger partial charge in [-0.3, -0.25) is 9.69 Å². The summed E-state index contributed by atoms with van der Waals surface area (Å²) in [6.45, 7) is 5.39. The Hall–Kier alpha value is -4.48. The lowest BCUT2D eigenvalue weighted by atomic mass is 10.1. The Morgan fingerprint density at radius 3 is 2.70 bits per heavy atom. The summed E-state index contributed by atoms with van der Waals surface area (Å²) < 4.78 is 33.2. The van der Waals surface area contributed by atoms with Crippen molar-refractivity contribution in [2.45, 2.75) is 58.3 Å². The van der Waals surface area contributed by atoms with Crippen LogP contribution in [0.2, 0.25) is 5.02 Å². The largest absolute Gasteiger partial charge is 0.310 e. The third kappa shape index (κ3) is 5.37. The van der Waals surface area contributed by atoms with Crippen molar-refractivity contribution in [1.29, 1.82) is 0 Å². The lowest BCUT2D eigenvalue weighted by Crippen LogP contribution is -2.22. The number of hydrogen-bond donors (Lipinski definition) is 1. The molecule has 1 N–H and O–H groups in total. The molecule has 2 aromatic carbocycles. The summed E-state index contributed by atoms with van der Waals surface area (Å²) in [7, 11) is 0.